The molecule has 0 rings (SSSR count). The maximum atomic E-state index is 9.60. The molecule has 2 unspecified atom stereocenters. The normalized spacial score (nSPS) is 13.3. The summed E-state index contributed by atoms with van der Waals surface area (Å²) in [5.74, 6) is -0.935. The van der Waals surface area contributed by atoms with E-state index in [1.807, 2.05) is 6.92 Å². The van der Waals surface area contributed by atoms with Gasteiger partial charge in [0.05, 0.1) is 0 Å². The van der Waals surface area contributed by atoms with Crippen molar-refractivity contribution in [2.75, 3.05) is 6.61 Å². The fourth-order valence-corrected chi connectivity index (χ4v) is 0.488. The van der Waals surface area contributed by atoms with Crippen LogP contribution >= 0.6 is 0 Å². The highest BCUT2D eigenvalue weighted by Gasteiger charge is 2.09. The van der Waals surface area contributed by atoms with Gasteiger partial charge in [0.1, 0.15) is 6.10 Å². The molecule has 0 spiro atoms. The molecule has 0 aromatic rings. The van der Waals surface area contributed by atoms with Gasteiger partial charge >= 0.3 is 5.97 Å². The Balaban J connectivity index is 0. The predicted molar refractivity (Wildman–Crippen MR) is 61.0 cm³/mol. The molecule has 0 aromatic carbocycles. The Morgan fingerprint density at radius 2 is 1.88 bits per heavy atom. The van der Waals surface area contributed by atoms with Gasteiger partial charge in [0.25, 0.3) is 0 Å². The molecule has 0 bridgehead atoms. The lowest BCUT2D eigenvalue weighted by Crippen LogP contribution is -2.25. The van der Waals surface area contributed by atoms with Crippen LogP contribution in [0.3, 0.4) is 0 Å². The average Bonchev–Trinajstić information content (AvgIpc) is 2.18. The van der Waals surface area contributed by atoms with E-state index in [0.717, 1.165) is 12.8 Å². The summed E-state index contributed by atoms with van der Waals surface area (Å²) in [6, 6.07) is 0. The van der Waals surface area contributed by atoms with Crippen molar-refractivity contribution in [2.24, 2.45) is 0 Å². The quantitative estimate of drug-likeness (QED) is 0.364. The van der Waals surface area contributed by atoms with E-state index in [9.17, 15) is 4.79 Å². The lowest BCUT2D eigenvalue weighted by atomic mass is 10.3. The fraction of sp³-hybridized carbons (Fsp3) is 0.727. The Hall–Kier alpha value is -0.910. The molecule has 16 heavy (non-hydrogen) atoms. The fourth-order valence-electron chi connectivity index (χ4n) is 0.488. The smallest absolute Gasteiger partial charge is 0.330 e. The van der Waals surface area contributed by atoms with Gasteiger partial charge in [-0.2, -0.15) is 0 Å². The molecule has 5 heteroatoms. The van der Waals surface area contributed by atoms with Gasteiger partial charge in [0, 0.05) is 12.2 Å². The first-order valence-corrected chi connectivity index (χ1v) is 5.19. The van der Waals surface area contributed by atoms with E-state index in [4.69, 9.17) is 20.1 Å². The molecule has 0 aliphatic rings. The second kappa shape index (κ2) is 10.6. The van der Waals surface area contributed by atoms with Crippen LogP contribution in [0, 0.1) is 0 Å². The maximum Gasteiger partial charge on any atom is 0.330 e. The molecule has 0 radical (unpaired) electrons. The second-order valence-electron chi connectivity index (χ2n) is 3.44. The zero-order chi connectivity index (χ0) is 13.1. The molecular formula is C11H22O5. The number of unbranched alkanes of at least 4 members (excludes halogenated alkanes) is 1. The Kier molecular flexibility index (Phi) is 11.6. The molecular weight excluding hydrogens is 212 g/mol. The van der Waals surface area contributed by atoms with Crippen LogP contribution in [-0.4, -0.2) is 40.3 Å². The van der Waals surface area contributed by atoms with Crippen molar-refractivity contribution in [3.63, 3.8) is 0 Å². The lowest BCUT2D eigenvalue weighted by molar-refractivity contribution is -0.156. The van der Waals surface area contributed by atoms with Gasteiger partial charge in [-0.25, -0.2) is 4.79 Å². The molecule has 0 fully saturated rings. The zero-order valence-corrected chi connectivity index (χ0v) is 10.1. The van der Waals surface area contributed by atoms with E-state index in [1.54, 1.807) is 0 Å². The molecule has 0 aliphatic heterocycles. The number of carboxylic acids is 1. The summed E-state index contributed by atoms with van der Waals surface area (Å²) in [6.45, 7) is 8.65. The van der Waals surface area contributed by atoms with E-state index in [0.29, 0.717) is 6.61 Å². The highest BCUT2D eigenvalue weighted by Crippen LogP contribution is 1.96. The number of aliphatic hydroxyl groups excluding tert-OH is 2. The van der Waals surface area contributed by atoms with Crippen LogP contribution in [0.25, 0.3) is 0 Å². The molecule has 96 valence electrons. The first-order valence-electron chi connectivity index (χ1n) is 5.19. The van der Waals surface area contributed by atoms with Gasteiger partial charge in [-0.05, 0) is 20.3 Å². The van der Waals surface area contributed by atoms with Gasteiger partial charge in [-0.3, -0.25) is 0 Å². The SMILES string of the molecule is C=C(C)C(=O)O.CCCCOC(O)C(C)O. The average molecular weight is 234 g/mol. The van der Waals surface area contributed by atoms with Crippen LogP contribution in [0.15, 0.2) is 12.2 Å². The van der Waals surface area contributed by atoms with Crippen LogP contribution in [0.4, 0.5) is 0 Å². The van der Waals surface area contributed by atoms with Crippen molar-refractivity contribution in [1.29, 1.82) is 0 Å². The Morgan fingerprint density at radius 3 is 2.12 bits per heavy atom. The van der Waals surface area contributed by atoms with Gasteiger partial charge in [0.2, 0.25) is 0 Å². The highest BCUT2D eigenvalue weighted by molar-refractivity contribution is 5.84. The largest absolute Gasteiger partial charge is 0.478 e. The second-order valence-corrected chi connectivity index (χ2v) is 3.44. The molecule has 3 N–H and O–H groups in total. The van der Waals surface area contributed by atoms with Gasteiger partial charge in [-0.1, -0.05) is 19.9 Å². The first kappa shape index (κ1) is 17.5. The summed E-state index contributed by atoms with van der Waals surface area (Å²) in [4.78, 5) is 9.60. The van der Waals surface area contributed by atoms with Crippen molar-refractivity contribution in [3.8, 4) is 0 Å². The third-order valence-corrected chi connectivity index (χ3v) is 1.56. The molecule has 0 aromatic heterocycles. The predicted octanol–water partition coefficient (Wildman–Crippen LogP) is 1.15. The minimum atomic E-state index is -1.02. The summed E-state index contributed by atoms with van der Waals surface area (Å²) >= 11 is 0. The third-order valence-electron chi connectivity index (χ3n) is 1.56. The number of aliphatic hydroxyl groups is 2. The third kappa shape index (κ3) is 13.1. The summed E-state index contributed by atoms with van der Waals surface area (Å²) < 4.78 is 4.85. The molecule has 0 aliphatic carbocycles. The van der Waals surface area contributed by atoms with Crippen molar-refractivity contribution in [2.45, 2.75) is 46.0 Å². The Bertz CT molecular complexity index is 189. The van der Waals surface area contributed by atoms with E-state index in [-0.39, 0.29) is 5.57 Å². The van der Waals surface area contributed by atoms with Gasteiger partial charge in [0.15, 0.2) is 6.29 Å². The maximum absolute atomic E-state index is 9.60. The number of hydrogen-bond acceptors (Lipinski definition) is 4. The van der Waals surface area contributed by atoms with Crippen molar-refractivity contribution >= 4 is 5.97 Å². The number of aliphatic carboxylic acids is 1. The lowest BCUT2D eigenvalue weighted by Gasteiger charge is -2.13. The number of carboxylic acid groups (broad SMARTS) is 1. The van der Waals surface area contributed by atoms with E-state index >= 15 is 0 Å². The number of rotatable bonds is 6. The summed E-state index contributed by atoms with van der Waals surface area (Å²) in [5.41, 5.74) is 0.176. The van der Waals surface area contributed by atoms with Crippen LogP contribution in [0.2, 0.25) is 0 Å². The van der Waals surface area contributed by atoms with Crippen molar-refractivity contribution in [3.05, 3.63) is 12.2 Å². The van der Waals surface area contributed by atoms with Crippen LogP contribution in [-0.2, 0) is 9.53 Å². The minimum Gasteiger partial charge on any atom is -0.478 e. The number of hydrogen-bond donors (Lipinski definition) is 3. The first-order chi connectivity index (χ1) is 7.32. The number of ether oxygens (including phenoxy) is 1. The van der Waals surface area contributed by atoms with Crippen LogP contribution < -0.4 is 0 Å². The van der Waals surface area contributed by atoms with Crippen LogP contribution in [0.5, 0.6) is 0 Å². The zero-order valence-electron chi connectivity index (χ0n) is 10.1. The number of carbonyl (C=O) groups is 1. The van der Waals surface area contributed by atoms with Crippen LogP contribution in [0.1, 0.15) is 33.6 Å². The summed E-state index contributed by atoms with van der Waals surface area (Å²) in [5, 5.41) is 25.5. The topological polar surface area (TPSA) is 87.0 Å². The highest BCUT2D eigenvalue weighted by atomic mass is 16.6. The molecule has 5 nitrogen and oxygen atoms in total. The molecule has 0 heterocycles. The van der Waals surface area contributed by atoms with E-state index in [1.165, 1.54) is 13.8 Å². The summed E-state index contributed by atoms with van der Waals surface area (Å²) in [7, 11) is 0. The standard InChI is InChI=1S/C7H16O3.C4H6O2/c1-3-4-5-10-7(9)6(2)8;1-3(2)4(5)6/h6-9H,3-5H2,1-2H3;1H2,2H3,(H,5,6). The molecule has 0 amide bonds. The molecule has 0 saturated carbocycles. The van der Waals surface area contributed by atoms with Crippen molar-refractivity contribution < 1.29 is 24.9 Å². The Morgan fingerprint density at radius 1 is 1.44 bits per heavy atom. The Labute approximate surface area is 96.4 Å². The van der Waals surface area contributed by atoms with Gasteiger partial charge in [-0.15, -0.1) is 0 Å². The molecule has 0 saturated heterocycles. The summed E-state index contributed by atoms with van der Waals surface area (Å²) in [6.07, 6.45) is 0.138. The van der Waals surface area contributed by atoms with Gasteiger partial charge < -0.3 is 20.1 Å². The van der Waals surface area contributed by atoms with E-state index in [2.05, 4.69) is 6.58 Å². The monoisotopic (exact) mass is 234 g/mol. The van der Waals surface area contributed by atoms with E-state index < -0.39 is 18.4 Å². The van der Waals surface area contributed by atoms with Crippen molar-refractivity contribution in [1.82, 2.24) is 0 Å². The molecule has 2 atom stereocenters. The minimum absolute atomic E-state index is 0.176.